The first-order chi connectivity index (χ1) is 13.3. The van der Waals surface area contributed by atoms with Crippen molar-refractivity contribution in [2.75, 3.05) is 20.2 Å². The van der Waals surface area contributed by atoms with Gasteiger partial charge in [-0.25, -0.2) is 4.79 Å². The number of carbonyl (C=O) groups is 2. The highest BCUT2D eigenvalue weighted by atomic mass is 35.5. The van der Waals surface area contributed by atoms with E-state index >= 15 is 0 Å². The van der Waals surface area contributed by atoms with Gasteiger partial charge < -0.3 is 14.2 Å². The van der Waals surface area contributed by atoms with E-state index in [0.29, 0.717) is 23.1 Å². The van der Waals surface area contributed by atoms with Crippen molar-refractivity contribution < 1.29 is 14.3 Å². The van der Waals surface area contributed by atoms with E-state index in [-0.39, 0.29) is 24.5 Å². The quantitative estimate of drug-likeness (QED) is 0.739. The van der Waals surface area contributed by atoms with E-state index in [1.54, 1.807) is 17.0 Å². The van der Waals surface area contributed by atoms with Crippen LogP contribution in [0.15, 0.2) is 36.5 Å². The van der Waals surface area contributed by atoms with Crippen LogP contribution in [-0.2, 0) is 16.1 Å². The van der Waals surface area contributed by atoms with E-state index in [2.05, 4.69) is 4.57 Å². The van der Waals surface area contributed by atoms with E-state index in [9.17, 15) is 9.59 Å². The minimum atomic E-state index is -0.519. The Morgan fingerprint density at radius 1 is 1.21 bits per heavy atom. The maximum atomic E-state index is 13.2. The van der Waals surface area contributed by atoms with E-state index in [1.807, 2.05) is 38.2 Å². The minimum Gasteiger partial charge on any atom is -0.453 e. The summed E-state index contributed by atoms with van der Waals surface area (Å²) >= 11 is 12.3. The number of methoxy groups -OCH3 is 1. The van der Waals surface area contributed by atoms with Gasteiger partial charge in [0.25, 0.3) is 0 Å². The van der Waals surface area contributed by atoms with Gasteiger partial charge in [0.2, 0.25) is 5.91 Å². The third-order valence-corrected chi connectivity index (χ3v) is 5.70. The van der Waals surface area contributed by atoms with Crippen LogP contribution in [0.3, 0.4) is 0 Å². The lowest BCUT2D eigenvalue weighted by atomic mass is 9.99. The third-order valence-electron chi connectivity index (χ3n) is 4.96. The fourth-order valence-corrected chi connectivity index (χ4v) is 3.80. The van der Waals surface area contributed by atoms with Gasteiger partial charge >= 0.3 is 6.09 Å². The van der Waals surface area contributed by atoms with Gasteiger partial charge in [-0.1, -0.05) is 29.3 Å². The van der Waals surface area contributed by atoms with Crippen molar-refractivity contribution in [3.63, 3.8) is 0 Å². The molecule has 1 aliphatic heterocycles. The van der Waals surface area contributed by atoms with Gasteiger partial charge in [-0.2, -0.15) is 0 Å². The number of hydrogen-bond acceptors (Lipinski definition) is 3. The molecule has 2 amide bonds. The van der Waals surface area contributed by atoms with Crippen LogP contribution >= 0.6 is 23.2 Å². The molecule has 0 saturated heterocycles. The highest BCUT2D eigenvalue weighted by molar-refractivity contribution is 6.42. The maximum absolute atomic E-state index is 13.2. The number of hydrogen-bond donors (Lipinski definition) is 0. The topological polar surface area (TPSA) is 54.8 Å². The molecule has 0 radical (unpaired) electrons. The molecule has 28 heavy (non-hydrogen) atoms. The number of rotatable bonds is 4. The van der Waals surface area contributed by atoms with Crippen LogP contribution in [0.5, 0.6) is 0 Å². The number of aromatic nitrogens is 1. The number of benzene rings is 1. The number of carbonyl (C=O) groups excluding carboxylic acids is 2. The van der Waals surface area contributed by atoms with Gasteiger partial charge in [0, 0.05) is 31.0 Å². The van der Waals surface area contributed by atoms with E-state index < -0.39 is 6.09 Å². The summed E-state index contributed by atoms with van der Waals surface area (Å²) in [6.45, 7) is 4.86. The predicted octanol–water partition coefficient (Wildman–Crippen LogP) is 4.20. The van der Waals surface area contributed by atoms with Crippen molar-refractivity contribution in [2.24, 2.45) is 0 Å². The summed E-state index contributed by atoms with van der Waals surface area (Å²) in [6.07, 6.45) is 1.48. The van der Waals surface area contributed by atoms with E-state index in [0.717, 1.165) is 11.3 Å². The zero-order valence-corrected chi connectivity index (χ0v) is 17.6. The third kappa shape index (κ3) is 3.98. The molecular weight excluding hydrogens is 401 g/mol. The Morgan fingerprint density at radius 2 is 1.96 bits per heavy atom. The molecule has 0 aliphatic carbocycles. The number of amides is 2. The highest BCUT2D eigenvalue weighted by Crippen LogP contribution is 2.35. The molecule has 1 atom stereocenters. The summed E-state index contributed by atoms with van der Waals surface area (Å²) in [4.78, 5) is 28.5. The lowest BCUT2D eigenvalue weighted by molar-refractivity contribution is -0.135. The Kier molecular flexibility index (Phi) is 6.20. The van der Waals surface area contributed by atoms with E-state index in [1.165, 1.54) is 12.0 Å². The first-order valence-corrected chi connectivity index (χ1v) is 9.83. The van der Waals surface area contributed by atoms with Gasteiger partial charge in [0.05, 0.1) is 23.2 Å². The fourth-order valence-electron chi connectivity index (χ4n) is 3.50. The van der Waals surface area contributed by atoms with Crippen LogP contribution in [-0.4, -0.2) is 52.6 Å². The van der Waals surface area contributed by atoms with Crippen LogP contribution in [0, 0.1) is 0 Å². The number of ether oxygens (including phenoxy) is 1. The van der Waals surface area contributed by atoms with Gasteiger partial charge in [-0.15, -0.1) is 0 Å². The number of halogens is 2. The maximum Gasteiger partial charge on any atom is 0.410 e. The zero-order chi connectivity index (χ0) is 20.4. The molecule has 0 N–H and O–H groups in total. The largest absolute Gasteiger partial charge is 0.453 e. The Labute approximate surface area is 174 Å². The Hall–Kier alpha value is -2.18. The summed E-state index contributed by atoms with van der Waals surface area (Å²) in [5.74, 6) is -0.150. The van der Waals surface area contributed by atoms with Crippen LogP contribution in [0.25, 0.3) is 0 Å². The molecule has 0 spiro atoms. The summed E-state index contributed by atoms with van der Waals surface area (Å²) < 4.78 is 6.95. The lowest BCUT2D eigenvalue weighted by Crippen LogP contribution is -2.49. The molecule has 1 aromatic carbocycles. The summed E-state index contributed by atoms with van der Waals surface area (Å²) in [6, 6.07) is 8.89. The zero-order valence-electron chi connectivity index (χ0n) is 16.1. The minimum absolute atomic E-state index is 0.0527. The second-order valence-corrected chi connectivity index (χ2v) is 7.80. The Balaban J connectivity index is 1.95. The van der Waals surface area contributed by atoms with Crippen LogP contribution in [0.4, 0.5) is 4.79 Å². The summed E-state index contributed by atoms with van der Waals surface area (Å²) in [7, 11) is 1.31. The monoisotopic (exact) mass is 423 g/mol. The Morgan fingerprint density at radius 3 is 2.61 bits per heavy atom. The van der Waals surface area contributed by atoms with Gasteiger partial charge in [-0.05, 0) is 43.7 Å². The number of fused-ring (bicyclic) bond motifs is 1. The van der Waals surface area contributed by atoms with Crippen molar-refractivity contribution in [3.05, 3.63) is 57.8 Å². The molecular formula is C20H23Cl2N3O3. The van der Waals surface area contributed by atoms with E-state index in [4.69, 9.17) is 27.9 Å². The van der Waals surface area contributed by atoms with Crippen molar-refractivity contribution in [1.29, 1.82) is 0 Å². The lowest BCUT2D eigenvalue weighted by Gasteiger charge is -2.38. The van der Waals surface area contributed by atoms with Crippen molar-refractivity contribution in [1.82, 2.24) is 14.4 Å². The second kappa shape index (κ2) is 8.45. The predicted molar refractivity (Wildman–Crippen MR) is 109 cm³/mol. The standard InChI is InChI=1S/C20H23Cl2N3O3/c1-13(2)25(20(27)28-3)12-18(26)24-10-9-23-8-4-5-17(23)19(24)14-6-7-15(21)16(22)11-14/h4-8,11,13,19H,9-10,12H2,1-3H3. The molecule has 1 unspecified atom stereocenters. The molecule has 6 nitrogen and oxygen atoms in total. The highest BCUT2D eigenvalue weighted by Gasteiger charge is 2.34. The molecule has 1 aromatic heterocycles. The van der Waals surface area contributed by atoms with Crippen LogP contribution in [0.2, 0.25) is 10.0 Å². The van der Waals surface area contributed by atoms with Crippen molar-refractivity contribution in [3.8, 4) is 0 Å². The molecule has 150 valence electrons. The molecule has 3 rings (SSSR count). The molecule has 0 saturated carbocycles. The Bertz CT molecular complexity index is 881. The average molecular weight is 424 g/mol. The SMILES string of the molecule is COC(=O)N(CC(=O)N1CCn2cccc2C1c1ccc(Cl)c(Cl)c1)C(C)C. The first kappa shape index (κ1) is 20.6. The molecule has 0 bridgehead atoms. The van der Waals surface area contributed by atoms with Crippen molar-refractivity contribution >= 4 is 35.2 Å². The number of nitrogens with zero attached hydrogens (tertiary/aromatic N) is 3. The molecule has 2 aromatic rings. The van der Waals surface area contributed by atoms with Crippen LogP contribution in [0.1, 0.15) is 31.1 Å². The fraction of sp³-hybridized carbons (Fsp3) is 0.400. The first-order valence-electron chi connectivity index (χ1n) is 9.07. The van der Waals surface area contributed by atoms with Gasteiger partial charge in [0.1, 0.15) is 6.54 Å². The molecule has 1 aliphatic rings. The second-order valence-electron chi connectivity index (χ2n) is 6.98. The smallest absolute Gasteiger partial charge is 0.410 e. The van der Waals surface area contributed by atoms with Crippen molar-refractivity contribution in [2.45, 2.75) is 32.5 Å². The summed E-state index contributed by atoms with van der Waals surface area (Å²) in [5, 5.41) is 0.903. The normalized spacial score (nSPS) is 16.1. The van der Waals surface area contributed by atoms with Gasteiger partial charge in [0.15, 0.2) is 0 Å². The van der Waals surface area contributed by atoms with Crippen LogP contribution < -0.4 is 0 Å². The molecule has 0 fully saturated rings. The molecule has 8 heteroatoms. The average Bonchev–Trinajstić information content (AvgIpc) is 3.15. The summed E-state index contributed by atoms with van der Waals surface area (Å²) in [5.41, 5.74) is 1.86. The van der Waals surface area contributed by atoms with Gasteiger partial charge in [-0.3, -0.25) is 9.69 Å². The molecule has 2 heterocycles.